The lowest BCUT2D eigenvalue weighted by atomic mass is 10.0. The molecule has 1 unspecified atom stereocenters. The van der Waals surface area contributed by atoms with Crippen LogP contribution < -0.4 is 5.73 Å². The zero-order valence-corrected chi connectivity index (χ0v) is 12.5. The second kappa shape index (κ2) is 6.75. The van der Waals surface area contributed by atoms with Gasteiger partial charge < -0.3 is 10.9 Å². The highest BCUT2D eigenvalue weighted by Gasteiger charge is 2.21. The van der Waals surface area contributed by atoms with Crippen LogP contribution in [0.25, 0.3) is 0 Å². The van der Waals surface area contributed by atoms with Crippen molar-refractivity contribution in [3.63, 3.8) is 0 Å². The Hall–Kier alpha value is -1.55. The van der Waals surface area contributed by atoms with Gasteiger partial charge in [-0.05, 0) is 49.4 Å². The maximum atomic E-state index is 8.71. The fourth-order valence-corrected chi connectivity index (χ4v) is 3.03. The maximum Gasteiger partial charge on any atom is 0.170 e. The van der Waals surface area contributed by atoms with Crippen molar-refractivity contribution in [1.29, 1.82) is 0 Å². The van der Waals surface area contributed by atoms with E-state index in [0.29, 0.717) is 0 Å². The Morgan fingerprint density at radius 2 is 2.30 bits per heavy atom. The molecule has 0 spiro atoms. The fourth-order valence-electron chi connectivity index (χ4n) is 3.03. The number of rotatable bonds is 5. The summed E-state index contributed by atoms with van der Waals surface area (Å²) in [6.45, 7) is 7.77. The number of oxime groups is 1. The van der Waals surface area contributed by atoms with Crippen molar-refractivity contribution in [1.82, 2.24) is 4.90 Å². The number of benzene rings is 1. The van der Waals surface area contributed by atoms with E-state index in [1.165, 1.54) is 43.5 Å². The lowest BCUT2D eigenvalue weighted by Crippen LogP contribution is -2.21. The van der Waals surface area contributed by atoms with Gasteiger partial charge in [0.05, 0.1) is 0 Å². The molecule has 1 fully saturated rings. The van der Waals surface area contributed by atoms with Crippen LogP contribution in [0.1, 0.15) is 42.9 Å². The molecule has 1 aliphatic rings. The first-order valence-electron chi connectivity index (χ1n) is 7.43. The van der Waals surface area contributed by atoms with E-state index in [0.717, 1.165) is 18.0 Å². The molecule has 2 rings (SSSR count). The van der Waals surface area contributed by atoms with Crippen LogP contribution in [-0.4, -0.2) is 29.0 Å². The molecular formula is C16H25N3O. The molecule has 4 nitrogen and oxygen atoms in total. The van der Waals surface area contributed by atoms with E-state index in [2.05, 4.69) is 30.0 Å². The van der Waals surface area contributed by atoms with Crippen LogP contribution in [0, 0.1) is 12.8 Å². The summed E-state index contributed by atoms with van der Waals surface area (Å²) in [5.41, 5.74) is 8.93. The molecule has 0 aromatic heterocycles. The third-order valence-electron chi connectivity index (χ3n) is 4.21. The average Bonchev–Trinajstić information content (AvgIpc) is 2.88. The van der Waals surface area contributed by atoms with Crippen molar-refractivity contribution in [2.75, 3.05) is 13.1 Å². The Kier molecular flexibility index (Phi) is 5.01. The summed E-state index contributed by atoms with van der Waals surface area (Å²) in [6, 6.07) is 6.01. The molecule has 1 heterocycles. The smallest absolute Gasteiger partial charge is 0.170 e. The van der Waals surface area contributed by atoms with Gasteiger partial charge in [-0.2, -0.15) is 0 Å². The predicted molar refractivity (Wildman–Crippen MR) is 82.0 cm³/mol. The Morgan fingerprint density at radius 3 is 2.95 bits per heavy atom. The average molecular weight is 275 g/mol. The van der Waals surface area contributed by atoms with Crippen LogP contribution >= 0.6 is 0 Å². The molecule has 1 aromatic rings. The van der Waals surface area contributed by atoms with Crippen LogP contribution in [0.2, 0.25) is 0 Å². The SMILES string of the molecule is CCCC1CCN(Cc2ccc(/C(N)=N/O)cc2C)C1. The van der Waals surface area contributed by atoms with Crippen LogP contribution in [0.4, 0.5) is 0 Å². The standard InChI is InChI=1S/C16H25N3O/c1-3-4-13-7-8-19(10-13)11-15-6-5-14(9-12(15)2)16(17)18-20/h5-6,9,13,20H,3-4,7-8,10-11H2,1-2H3,(H2,17,18). The highest BCUT2D eigenvalue weighted by molar-refractivity contribution is 5.97. The van der Waals surface area contributed by atoms with E-state index in [4.69, 9.17) is 10.9 Å². The van der Waals surface area contributed by atoms with E-state index in [-0.39, 0.29) is 5.84 Å². The van der Waals surface area contributed by atoms with E-state index < -0.39 is 0 Å². The molecule has 0 aliphatic carbocycles. The van der Waals surface area contributed by atoms with Gasteiger partial charge in [0.2, 0.25) is 0 Å². The molecule has 1 saturated heterocycles. The van der Waals surface area contributed by atoms with Crippen molar-refractivity contribution in [3.05, 3.63) is 34.9 Å². The second-order valence-electron chi connectivity index (χ2n) is 5.80. The lowest BCUT2D eigenvalue weighted by molar-refractivity contribution is 0.312. The first kappa shape index (κ1) is 14.9. The molecule has 0 saturated carbocycles. The topological polar surface area (TPSA) is 61.8 Å². The number of likely N-dealkylation sites (tertiary alicyclic amines) is 1. The van der Waals surface area contributed by atoms with Crippen molar-refractivity contribution < 1.29 is 5.21 Å². The van der Waals surface area contributed by atoms with Crippen molar-refractivity contribution >= 4 is 5.84 Å². The number of hydrogen-bond donors (Lipinski definition) is 2. The zero-order chi connectivity index (χ0) is 14.5. The maximum absolute atomic E-state index is 8.71. The van der Waals surface area contributed by atoms with Crippen LogP contribution in [0.15, 0.2) is 23.4 Å². The van der Waals surface area contributed by atoms with Gasteiger partial charge in [0.1, 0.15) is 0 Å². The molecule has 0 bridgehead atoms. The summed E-state index contributed by atoms with van der Waals surface area (Å²) in [5.74, 6) is 1.04. The Morgan fingerprint density at radius 1 is 1.50 bits per heavy atom. The molecule has 1 aliphatic heterocycles. The molecule has 3 N–H and O–H groups in total. The molecule has 4 heteroatoms. The molecule has 1 atom stereocenters. The van der Waals surface area contributed by atoms with Gasteiger partial charge in [-0.15, -0.1) is 0 Å². The van der Waals surface area contributed by atoms with Gasteiger partial charge in [-0.1, -0.05) is 30.6 Å². The van der Waals surface area contributed by atoms with Crippen LogP contribution in [-0.2, 0) is 6.54 Å². The summed E-state index contributed by atoms with van der Waals surface area (Å²) in [6.07, 6.45) is 3.96. The monoisotopic (exact) mass is 275 g/mol. The van der Waals surface area contributed by atoms with Gasteiger partial charge in [-0.25, -0.2) is 0 Å². The van der Waals surface area contributed by atoms with E-state index in [9.17, 15) is 0 Å². The molecule has 0 amide bonds. The number of nitrogens with zero attached hydrogens (tertiary/aromatic N) is 2. The molecule has 0 radical (unpaired) electrons. The van der Waals surface area contributed by atoms with Gasteiger partial charge in [0.15, 0.2) is 5.84 Å². The lowest BCUT2D eigenvalue weighted by Gasteiger charge is -2.18. The molecule has 110 valence electrons. The summed E-state index contributed by atoms with van der Waals surface area (Å²) in [5, 5.41) is 11.8. The van der Waals surface area contributed by atoms with Crippen molar-refractivity contribution in [2.24, 2.45) is 16.8 Å². The first-order chi connectivity index (χ1) is 9.63. The minimum atomic E-state index is 0.170. The number of amidine groups is 1. The third-order valence-corrected chi connectivity index (χ3v) is 4.21. The normalized spacial score (nSPS) is 20.5. The van der Waals surface area contributed by atoms with Crippen molar-refractivity contribution in [2.45, 2.75) is 39.7 Å². The van der Waals surface area contributed by atoms with E-state index in [1.807, 2.05) is 12.1 Å². The summed E-state index contributed by atoms with van der Waals surface area (Å²) < 4.78 is 0. The Balaban J connectivity index is 2.00. The second-order valence-corrected chi connectivity index (χ2v) is 5.80. The fraction of sp³-hybridized carbons (Fsp3) is 0.562. The third kappa shape index (κ3) is 3.51. The molecular weight excluding hydrogens is 250 g/mol. The summed E-state index contributed by atoms with van der Waals surface area (Å²) in [7, 11) is 0. The highest BCUT2D eigenvalue weighted by atomic mass is 16.4. The quantitative estimate of drug-likeness (QED) is 0.376. The zero-order valence-electron chi connectivity index (χ0n) is 12.5. The van der Waals surface area contributed by atoms with Crippen molar-refractivity contribution in [3.8, 4) is 0 Å². The molecule has 1 aromatic carbocycles. The minimum Gasteiger partial charge on any atom is -0.409 e. The van der Waals surface area contributed by atoms with Crippen LogP contribution in [0.5, 0.6) is 0 Å². The number of hydrogen-bond acceptors (Lipinski definition) is 3. The summed E-state index contributed by atoms with van der Waals surface area (Å²) in [4.78, 5) is 2.53. The van der Waals surface area contributed by atoms with E-state index >= 15 is 0 Å². The highest BCUT2D eigenvalue weighted by Crippen LogP contribution is 2.23. The number of nitrogens with two attached hydrogens (primary N) is 1. The predicted octanol–water partition coefficient (Wildman–Crippen LogP) is 2.71. The largest absolute Gasteiger partial charge is 0.409 e. The van der Waals surface area contributed by atoms with Gasteiger partial charge in [0, 0.05) is 18.7 Å². The Bertz CT molecular complexity index is 485. The Labute approximate surface area is 121 Å². The first-order valence-corrected chi connectivity index (χ1v) is 7.43. The van der Waals surface area contributed by atoms with Gasteiger partial charge in [-0.3, -0.25) is 4.90 Å². The number of aryl methyl sites for hydroxylation is 1. The summed E-state index contributed by atoms with van der Waals surface area (Å²) >= 11 is 0. The van der Waals surface area contributed by atoms with Gasteiger partial charge >= 0.3 is 0 Å². The van der Waals surface area contributed by atoms with Crippen LogP contribution in [0.3, 0.4) is 0 Å². The van der Waals surface area contributed by atoms with Gasteiger partial charge in [0.25, 0.3) is 0 Å². The molecule has 20 heavy (non-hydrogen) atoms. The minimum absolute atomic E-state index is 0.170. The van der Waals surface area contributed by atoms with E-state index in [1.54, 1.807) is 0 Å².